The third kappa shape index (κ3) is 2.94. The SMILES string of the molecule is CC(C)C(=O)/C(C#N)=C\c1ccc2c(c1)OCCO2. The van der Waals surface area contributed by atoms with Crippen molar-refractivity contribution in [1.29, 1.82) is 5.26 Å². The van der Waals surface area contributed by atoms with Crippen molar-refractivity contribution in [2.45, 2.75) is 13.8 Å². The molecule has 98 valence electrons. The van der Waals surface area contributed by atoms with Gasteiger partial charge in [-0.05, 0) is 23.8 Å². The molecule has 0 atom stereocenters. The molecule has 0 saturated carbocycles. The number of fused-ring (bicyclic) bond motifs is 1. The summed E-state index contributed by atoms with van der Waals surface area (Å²) >= 11 is 0. The second-order valence-electron chi connectivity index (χ2n) is 4.59. The third-order valence-electron chi connectivity index (χ3n) is 2.79. The second kappa shape index (κ2) is 5.57. The number of rotatable bonds is 3. The standard InChI is InChI=1S/C15H15NO3/c1-10(2)15(17)12(9-16)7-11-3-4-13-14(8-11)19-6-5-18-13/h3-4,7-8,10H,5-6H2,1-2H3/b12-7-. The molecule has 0 amide bonds. The van der Waals surface area contributed by atoms with Crippen LogP contribution in [0.4, 0.5) is 0 Å². The Morgan fingerprint density at radius 3 is 2.63 bits per heavy atom. The highest BCUT2D eigenvalue weighted by molar-refractivity contribution is 6.04. The van der Waals surface area contributed by atoms with Gasteiger partial charge in [0, 0.05) is 5.92 Å². The van der Waals surface area contributed by atoms with Crippen molar-refractivity contribution < 1.29 is 14.3 Å². The predicted molar refractivity (Wildman–Crippen MR) is 70.9 cm³/mol. The van der Waals surface area contributed by atoms with Crippen LogP contribution in [0.1, 0.15) is 19.4 Å². The first-order valence-corrected chi connectivity index (χ1v) is 6.17. The highest BCUT2D eigenvalue weighted by atomic mass is 16.6. The molecule has 1 aliphatic heterocycles. The van der Waals surface area contributed by atoms with Gasteiger partial charge in [-0.3, -0.25) is 4.79 Å². The first-order valence-electron chi connectivity index (χ1n) is 6.17. The summed E-state index contributed by atoms with van der Waals surface area (Å²) in [5.74, 6) is 0.992. The van der Waals surface area contributed by atoms with Crippen molar-refractivity contribution in [3.63, 3.8) is 0 Å². The Morgan fingerprint density at radius 1 is 1.32 bits per heavy atom. The summed E-state index contributed by atoms with van der Waals surface area (Å²) in [5.41, 5.74) is 0.918. The van der Waals surface area contributed by atoms with Gasteiger partial charge in [-0.1, -0.05) is 19.9 Å². The minimum atomic E-state index is -0.192. The number of nitriles is 1. The van der Waals surface area contributed by atoms with E-state index in [2.05, 4.69) is 0 Å². The van der Waals surface area contributed by atoms with Gasteiger partial charge in [0.15, 0.2) is 17.3 Å². The number of carbonyl (C=O) groups is 1. The van der Waals surface area contributed by atoms with E-state index < -0.39 is 0 Å². The zero-order valence-corrected chi connectivity index (χ0v) is 11.0. The van der Waals surface area contributed by atoms with Crippen LogP contribution in [0.5, 0.6) is 11.5 Å². The van der Waals surface area contributed by atoms with Crippen LogP contribution < -0.4 is 9.47 Å². The summed E-state index contributed by atoms with van der Waals surface area (Å²) in [4.78, 5) is 11.8. The largest absolute Gasteiger partial charge is 0.486 e. The van der Waals surface area contributed by atoms with E-state index in [1.807, 2.05) is 6.07 Å². The number of hydrogen-bond donors (Lipinski definition) is 0. The van der Waals surface area contributed by atoms with Gasteiger partial charge >= 0.3 is 0 Å². The van der Waals surface area contributed by atoms with Crippen LogP contribution in [0.25, 0.3) is 6.08 Å². The van der Waals surface area contributed by atoms with Gasteiger partial charge < -0.3 is 9.47 Å². The van der Waals surface area contributed by atoms with E-state index in [0.717, 1.165) is 5.56 Å². The average molecular weight is 257 g/mol. The van der Waals surface area contributed by atoms with Gasteiger partial charge in [0.1, 0.15) is 19.3 Å². The first-order chi connectivity index (χ1) is 9.11. The van der Waals surface area contributed by atoms with Gasteiger partial charge in [0.05, 0.1) is 5.57 Å². The van der Waals surface area contributed by atoms with Gasteiger partial charge in [-0.25, -0.2) is 0 Å². The van der Waals surface area contributed by atoms with Crippen molar-refractivity contribution in [2.24, 2.45) is 5.92 Å². The van der Waals surface area contributed by atoms with E-state index in [1.54, 1.807) is 38.1 Å². The highest BCUT2D eigenvalue weighted by Crippen LogP contribution is 2.31. The Hall–Kier alpha value is -2.28. The molecule has 0 bridgehead atoms. The molecule has 0 spiro atoms. The summed E-state index contributed by atoms with van der Waals surface area (Å²) in [6, 6.07) is 7.32. The Kier molecular flexibility index (Phi) is 3.86. The van der Waals surface area contributed by atoms with Crippen LogP contribution >= 0.6 is 0 Å². The number of carbonyl (C=O) groups excluding carboxylic acids is 1. The van der Waals surface area contributed by atoms with Gasteiger partial charge in [-0.2, -0.15) is 5.26 Å². The smallest absolute Gasteiger partial charge is 0.175 e. The fourth-order valence-corrected chi connectivity index (χ4v) is 1.79. The summed E-state index contributed by atoms with van der Waals surface area (Å²) in [7, 11) is 0. The van der Waals surface area contributed by atoms with E-state index in [1.165, 1.54) is 0 Å². The fraction of sp³-hybridized carbons (Fsp3) is 0.333. The molecular formula is C15H15NO3. The molecule has 0 fully saturated rings. The molecule has 19 heavy (non-hydrogen) atoms. The quantitative estimate of drug-likeness (QED) is 0.617. The van der Waals surface area contributed by atoms with E-state index in [9.17, 15) is 4.79 Å². The molecule has 0 N–H and O–H groups in total. The number of hydrogen-bond acceptors (Lipinski definition) is 4. The predicted octanol–water partition coefficient (Wildman–Crippen LogP) is 2.59. The number of ether oxygens (including phenoxy) is 2. The molecule has 0 unspecified atom stereocenters. The lowest BCUT2D eigenvalue weighted by atomic mass is 10.00. The maximum atomic E-state index is 11.8. The lowest BCUT2D eigenvalue weighted by molar-refractivity contribution is -0.117. The van der Waals surface area contributed by atoms with E-state index >= 15 is 0 Å². The van der Waals surface area contributed by atoms with Gasteiger partial charge in [0.25, 0.3) is 0 Å². The Bertz CT molecular complexity index is 567. The van der Waals surface area contributed by atoms with Crippen LogP contribution in [0, 0.1) is 17.2 Å². The van der Waals surface area contributed by atoms with Crippen molar-refractivity contribution in [2.75, 3.05) is 13.2 Å². The molecule has 1 aromatic carbocycles. The molecular weight excluding hydrogens is 242 g/mol. The lowest BCUT2D eigenvalue weighted by Gasteiger charge is -2.18. The monoisotopic (exact) mass is 257 g/mol. The molecule has 1 heterocycles. The van der Waals surface area contributed by atoms with Crippen molar-refractivity contribution >= 4 is 11.9 Å². The Labute approximate surface area is 112 Å². The number of allylic oxidation sites excluding steroid dienone is 1. The van der Waals surface area contributed by atoms with Crippen LogP contribution in [0.3, 0.4) is 0 Å². The summed E-state index contributed by atoms with van der Waals surface area (Å²) in [5, 5.41) is 9.05. The van der Waals surface area contributed by atoms with Gasteiger partial charge in [-0.15, -0.1) is 0 Å². The normalized spacial score (nSPS) is 14.1. The van der Waals surface area contributed by atoms with Crippen molar-refractivity contribution in [3.05, 3.63) is 29.3 Å². The maximum absolute atomic E-state index is 11.8. The number of Topliss-reactive ketones (excluding diaryl/α,β-unsaturated/α-hetero) is 1. The molecule has 0 aromatic heterocycles. The third-order valence-corrected chi connectivity index (χ3v) is 2.79. The summed E-state index contributed by atoms with van der Waals surface area (Å²) in [6.45, 7) is 4.60. The summed E-state index contributed by atoms with van der Waals surface area (Å²) in [6.07, 6.45) is 1.58. The zero-order valence-electron chi connectivity index (χ0n) is 11.0. The minimum Gasteiger partial charge on any atom is -0.486 e. The molecule has 4 nitrogen and oxygen atoms in total. The number of benzene rings is 1. The van der Waals surface area contributed by atoms with Crippen LogP contribution in [-0.4, -0.2) is 19.0 Å². The van der Waals surface area contributed by atoms with Crippen molar-refractivity contribution in [3.8, 4) is 17.6 Å². The topological polar surface area (TPSA) is 59.3 Å². The van der Waals surface area contributed by atoms with E-state index in [4.69, 9.17) is 14.7 Å². The van der Waals surface area contributed by atoms with E-state index in [-0.39, 0.29) is 17.3 Å². The molecule has 0 radical (unpaired) electrons. The Morgan fingerprint density at radius 2 is 2.00 bits per heavy atom. The van der Waals surface area contributed by atoms with Crippen LogP contribution in [0.2, 0.25) is 0 Å². The molecule has 1 aliphatic rings. The average Bonchev–Trinajstić information content (AvgIpc) is 2.43. The first kappa shape index (κ1) is 13.2. The van der Waals surface area contributed by atoms with E-state index in [0.29, 0.717) is 24.7 Å². The van der Waals surface area contributed by atoms with Crippen LogP contribution in [-0.2, 0) is 4.79 Å². The van der Waals surface area contributed by atoms with Crippen molar-refractivity contribution in [1.82, 2.24) is 0 Å². The molecule has 2 rings (SSSR count). The molecule has 4 heteroatoms. The molecule has 1 aromatic rings. The maximum Gasteiger partial charge on any atom is 0.175 e. The van der Waals surface area contributed by atoms with Gasteiger partial charge in [0.2, 0.25) is 0 Å². The van der Waals surface area contributed by atoms with Crippen LogP contribution in [0.15, 0.2) is 23.8 Å². The second-order valence-corrected chi connectivity index (χ2v) is 4.59. The molecule has 0 aliphatic carbocycles. The lowest BCUT2D eigenvalue weighted by Crippen LogP contribution is -2.15. The molecule has 0 saturated heterocycles. The highest BCUT2D eigenvalue weighted by Gasteiger charge is 2.15. The minimum absolute atomic E-state index is 0.155. The Balaban J connectivity index is 2.32. The zero-order chi connectivity index (χ0) is 13.8. The number of ketones is 1. The number of nitrogens with zero attached hydrogens (tertiary/aromatic N) is 1. The fourth-order valence-electron chi connectivity index (χ4n) is 1.79. The summed E-state index contributed by atoms with van der Waals surface area (Å²) < 4.78 is 10.9.